The molecule has 0 aliphatic rings. The highest BCUT2D eigenvalue weighted by molar-refractivity contribution is 5.66. The lowest BCUT2D eigenvalue weighted by Crippen LogP contribution is -1.98. The fourth-order valence-electron chi connectivity index (χ4n) is 2.01. The number of nitrogens with zero attached hydrogens (tertiary/aromatic N) is 2. The van der Waals surface area contributed by atoms with E-state index in [1.54, 1.807) is 0 Å². The van der Waals surface area contributed by atoms with Gasteiger partial charge in [-0.15, -0.1) is 0 Å². The SMILES string of the molecule is NCc1ccccc1-c1cn2ccccc2n1. The average Bonchev–Trinajstić information content (AvgIpc) is 2.82. The molecule has 84 valence electrons. The van der Waals surface area contributed by atoms with Crippen LogP contribution in [0.1, 0.15) is 5.56 Å². The number of fused-ring (bicyclic) bond motifs is 1. The Balaban J connectivity index is 2.20. The second-order valence-corrected chi connectivity index (χ2v) is 3.95. The number of hydrogen-bond acceptors (Lipinski definition) is 2. The first-order valence-corrected chi connectivity index (χ1v) is 5.60. The second-order valence-electron chi connectivity index (χ2n) is 3.95. The van der Waals surface area contributed by atoms with Gasteiger partial charge in [-0.1, -0.05) is 30.3 Å². The molecule has 2 aromatic heterocycles. The van der Waals surface area contributed by atoms with Gasteiger partial charge in [-0.3, -0.25) is 0 Å². The molecule has 0 fully saturated rings. The van der Waals surface area contributed by atoms with Crippen LogP contribution in [-0.4, -0.2) is 9.38 Å². The molecule has 0 aliphatic carbocycles. The van der Waals surface area contributed by atoms with E-state index in [1.165, 1.54) is 0 Å². The first kappa shape index (κ1) is 10.1. The lowest BCUT2D eigenvalue weighted by Gasteiger charge is -2.03. The van der Waals surface area contributed by atoms with Crippen molar-refractivity contribution >= 4 is 5.65 Å². The summed E-state index contributed by atoms with van der Waals surface area (Å²) in [5.41, 5.74) is 9.90. The zero-order valence-corrected chi connectivity index (χ0v) is 9.38. The van der Waals surface area contributed by atoms with E-state index in [9.17, 15) is 0 Å². The molecule has 0 amide bonds. The number of imidazole rings is 1. The Hall–Kier alpha value is -2.13. The van der Waals surface area contributed by atoms with Gasteiger partial charge in [-0.05, 0) is 17.7 Å². The summed E-state index contributed by atoms with van der Waals surface area (Å²) in [7, 11) is 0. The quantitative estimate of drug-likeness (QED) is 0.725. The van der Waals surface area contributed by atoms with Gasteiger partial charge in [0.2, 0.25) is 0 Å². The van der Waals surface area contributed by atoms with Gasteiger partial charge < -0.3 is 10.1 Å². The first-order valence-electron chi connectivity index (χ1n) is 5.60. The van der Waals surface area contributed by atoms with Crippen molar-refractivity contribution in [3.05, 3.63) is 60.4 Å². The highest BCUT2D eigenvalue weighted by Gasteiger charge is 2.07. The van der Waals surface area contributed by atoms with Crippen LogP contribution in [0.3, 0.4) is 0 Å². The van der Waals surface area contributed by atoms with Crippen LogP contribution in [0.15, 0.2) is 54.9 Å². The van der Waals surface area contributed by atoms with Gasteiger partial charge in [-0.25, -0.2) is 4.98 Å². The van der Waals surface area contributed by atoms with E-state index in [0.717, 1.165) is 22.5 Å². The van der Waals surface area contributed by atoms with Gasteiger partial charge >= 0.3 is 0 Å². The number of aromatic nitrogens is 2. The van der Waals surface area contributed by atoms with E-state index < -0.39 is 0 Å². The summed E-state index contributed by atoms with van der Waals surface area (Å²) in [5, 5.41) is 0. The minimum absolute atomic E-state index is 0.532. The van der Waals surface area contributed by atoms with Crippen LogP contribution in [-0.2, 0) is 6.54 Å². The molecule has 0 saturated heterocycles. The fraction of sp³-hybridized carbons (Fsp3) is 0.0714. The molecular weight excluding hydrogens is 210 g/mol. The summed E-state index contributed by atoms with van der Waals surface area (Å²) in [5.74, 6) is 0. The minimum Gasteiger partial charge on any atom is -0.326 e. The van der Waals surface area contributed by atoms with Crippen LogP contribution in [0.25, 0.3) is 16.9 Å². The maximum atomic E-state index is 5.75. The Morgan fingerprint density at radius 1 is 1.06 bits per heavy atom. The summed E-state index contributed by atoms with van der Waals surface area (Å²) >= 11 is 0. The van der Waals surface area contributed by atoms with Crippen molar-refractivity contribution < 1.29 is 0 Å². The highest BCUT2D eigenvalue weighted by atomic mass is 15.0. The molecule has 2 heterocycles. The van der Waals surface area contributed by atoms with Crippen molar-refractivity contribution in [1.82, 2.24) is 9.38 Å². The van der Waals surface area contributed by atoms with Crippen molar-refractivity contribution in [2.45, 2.75) is 6.54 Å². The third-order valence-electron chi connectivity index (χ3n) is 2.88. The number of rotatable bonds is 2. The third kappa shape index (κ3) is 1.70. The van der Waals surface area contributed by atoms with E-state index in [0.29, 0.717) is 6.54 Å². The van der Waals surface area contributed by atoms with Gasteiger partial charge in [0.05, 0.1) is 5.69 Å². The van der Waals surface area contributed by atoms with Crippen molar-refractivity contribution in [3.8, 4) is 11.3 Å². The monoisotopic (exact) mass is 223 g/mol. The number of pyridine rings is 1. The standard InChI is InChI=1S/C14H13N3/c15-9-11-5-1-2-6-12(11)13-10-17-8-4-3-7-14(17)16-13/h1-8,10H,9,15H2. The van der Waals surface area contributed by atoms with Crippen LogP contribution in [0.2, 0.25) is 0 Å². The summed E-state index contributed by atoms with van der Waals surface area (Å²) in [6, 6.07) is 14.1. The Kier molecular flexibility index (Phi) is 2.38. The van der Waals surface area contributed by atoms with Crippen molar-refractivity contribution in [2.75, 3.05) is 0 Å². The first-order chi connectivity index (χ1) is 8.38. The molecule has 0 bridgehead atoms. The summed E-state index contributed by atoms with van der Waals surface area (Å²) in [6.07, 6.45) is 4.03. The largest absolute Gasteiger partial charge is 0.326 e. The zero-order chi connectivity index (χ0) is 11.7. The third-order valence-corrected chi connectivity index (χ3v) is 2.88. The van der Waals surface area contributed by atoms with Crippen LogP contribution in [0.4, 0.5) is 0 Å². The van der Waals surface area contributed by atoms with Crippen LogP contribution >= 0.6 is 0 Å². The molecule has 17 heavy (non-hydrogen) atoms. The summed E-state index contributed by atoms with van der Waals surface area (Å²) < 4.78 is 2.02. The van der Waals surface area contributed by atoms with Gasteiger partial charge in [0.1, 0.15) is 5.65 Å². The molecule has 0 saturated carbocycles. The lowest BCUT2D eigenvalue weighted by atomic mass is 10.1. The number of nitrogens with two attached hydrogens (primary N) is 1. The van der Waals surface area contributed by atoms with Gasteiger partial charge in [0.25, 0.3) is 0 Å². The Morgan fingerprint density at radius 2 is 1.88 bits per heavy atom. The topological polar surface area (TPSA) is 43.3 Å². The second kappa shape index (κ2) is 4.03. The summed E-state index contributed by atoms with van der Waals surface area (Å²) in [6.45, 7) is 0.532. The van der Waals surface area contributed by atoms with E-state index >= 15 is 0 Å². The minimum atomic E-state index is 0.532. The van der Waals surface area contributed by atoms with E-state index in [-0.39, 0.29) is 0 Å². The molecule has 0 aliphatic heterocycles. The highest BCUT2D eigenvalue weighted by Crippen LogP contribution is 2.22. The molecule has 3 aromatic rings. The molecule has 0 atom stereocenters. The van der Waals surface area contributed by atoms with Crippen molar-refractivity contribution in [1.29, 1.82) is 0 Å². The molecular formula is C14H13N3. The molecule has 0 spiro atoms. The summed E-state index contributed by atoms with van der Waals surface area (Å²) in [4.78, 5) is 4.60. The Morgan fingerprint density at radius 3 is 2.71 bits per heavy atom. The van der Waals surface area contributed by atoms with E-state index in [1.807, 2.05) is 53.2 Å². The maximum Gasteiger partial charge on any atom is 0.137 e. The van der Waals surface area contributed by atoms with Gasteiger partial charge in [0.15, 0.2) is 0 Å². The zero-order valence-electron chi connectivity index (χ0n) is 9.38. The maximum absolute atomic E-state index is 5.75. The molecule has 3 nitrogen and oxygen atoms in total. The number of benzene rings is 1. The molecule has 1 aromatic carbocycles. The van der Waals surface area contributed by atoms with Gasteiger partial charge in [0, 0.05) is 24.5 Å². The number of hydrogen-bond donors (Lipinski definition) is 1. The lowest BCUT2D eigenvalue weighted by molar-refractivity contribution is 1.07. The molecule has 0 radical (unpaired) electrons. The normalized spacial score (nSPS) is 10.9. The fourth-order valence-corrected chi connectivity index (χ4v) is 2.01. The smallest absolute Gasteiger partial charge is 0.137 e. The molecule has 3 heteroatoms. The van der Waals surface area contributed by atoms with Crippen molar-refractivity contribution in [2.24, 2.45) is 5.73 Å². The average molecular weight is 223 g/mol. The predicted molar refractivity (Wildman–Crippen MR) is 68.5 cm³/mol. The Labute approximate surface area is 99.5 Å². The Bertz CT molecular complexity index is 622. The molecule has 3 rings (SSSR count). The molecule has 0 unspecified atom stereocenters. The predicted octanol–water partition coefficient (Wildman–Crippen LogP) is 2.46. The van der Waals surface area contributed by atoms with Crippen molar-refractivity contribution in [3.63, 3.8) is 0 Å². The van der Waals surface area contributed by atoms with Crippen LogP contribution in [0.5, 0.6) is 0 Å². The van der Waals surface area contributed by atoms with Crippen LogP contribution in [0, 0.1) is 0 Å². The van der Waals surface area contributed by atoms with Crippen LogP contribution < -0.4 is 5.73 Å². The molecule has 2 N–H and O–H groups in total. The van der Waals surface area contributed by atoms with E-state index in [4.69, 9.17) is 5.73 Å². The van der Waals surface area contributed by atoms with Gasteiger partial charge in [-0.2, -0.15) is 0 Å². The van der Waals surface area contributed by atoms with E-state index in [2.05, 4.69) is 11.1 Å².